The maximum absolute atomic E-state index is 11.1. The topological polar surface area (TPSA) is 59.3 Å². The minimum Gasteiger partial charge on any atom is -0.477 e. The van der Waals surface area contributed by atoms with Crippen LogP contribution in [0.5, 0.6) is 5.75 Å². The number of ether oxygens (including phenoxy) is 2. The van der Waals surface area contributed by atoms with Gasteiger partial charge in [0.25, 0.3) is 0 Å². The van der Waals surface area contributed by atoms with Crippen molar-refractivity contribution in [2.24, 2.45) is 0 Å². The zero-order chi connectivity index (χ0) is 12.1. The molecule has 84 valence electrons. The average Bonchev–Trinajstić information content (AvgIpc) is 2.30. The van der Waals surface area contributed by atoms with Crippen molar-refractivity contribution >= 4 is 17.6 Å². The molecule has 0 aliphatic heterocycles. The molecular formula is C11H10ClNO3. The second-order valence-electron chi connectivity index (χ2n) is 3.04. The molecule has 1 aromatic rings. The van der Waals surface area contributed by atoms with Gasteiger partial charge in [-0.3, -0.25) is 0 Å². The summed E-state index contributed by atoms with van der Waals surface area (Å²) in [7, 11) is 1.28. The van der Waals surface area contributed by atoms with Crippen LogP contribution in [0.2, 0.25) is 5.02 Å². The van der Waals surface area contributed by atoms with Crippen molar-refractivity contribution in [3.8, 4) is 11.8 Å². The summed E-state index contributed by atoms with van der Waals surface area (Å²) in [4.78, 5) is 11.1. The van der Waals surface area contributed by atoms with E-state index < -0.39 is 12.1 Å². The Hall–Kier alpha value is -1.73. The maximum Gasteiger partial charge on any atom is 0.346 e. The van der Waals surface area contributed by atoms with Crippen molar-refractivity contribution in [3.63, 3.8) is 0 Å². The molecule has 0 amide bonds. The largest absolute Gasteiger partial charge is 0.477 e. The summed E-state index contributed by atoms with van der Waals surface area (Å²) in [6, 6.07) is 6.53. The molecule has 0 bridgehead atoms. The lowest BCUT2D eigenvalue weighted by atomic mass is 10.2. The van der Waals surface area contributed by atoms with Crippen LogP contribution < -0.4 is 4.74 Å². The van der Waals surface area contributed by atoms with E-state index in [1.165, 1.54) is 13.2 Å². The van der Waals surface area contributed by atoms with Crippen LogP contribution in [0.1, 0.15) is 12.5 Å². The molecule has 0 saturated heterocycles. The number of esters is 1. The van der Waals surface area contributed by atoms with Gasteiger partial charge in [0.2, 0.25) is 0 Å². The van der Waals surface area contributed by atoms with Gasteiger partial charge in [0.15, 0.2) is 6.10 Å². The van der Waals surface area contributed by atoms with E-state index in [4.69, 9.17) is 21.6 Å². The Morgan fingerprint density at radius 1 is 1.56 bits per heavy atom. The van der Waals surface area contributed by atoms with E-state index in [1.54, 1.807) is 19.1 Å². The van der Waals surface area contributed by atoms with Crippen LogP contribution in [0.3, 0.4) is 0 Å². The Morgan fingerprint density at radius 2 is 2.25 bits per heavy atom. The number of methoxy groups -OCH3 is 1. The predicted octanol–water partition coefficient (Wildman–Crippen LogP) is 2.15. The summed E-state index contributed by atoms with van der Waals surface area (Å²) in [5, 5.41) is 8.92. The molecule has 0 fully saturated rings. The highest BCUT2D eigenvalue weighted by Gasteiger charge is 2.16. The molecule has 1 rings (SSSR count). The summed E-state index contributed by atoms with van der Waals surface area (Å²) in [5.74, 6) is -0.140. The highest BCUT2D eigenvalue weighted by molar-refractivity contribution is 6.32. The Kier molecular flexibility index (Phi) is 4.15. The van der Waals surface area contributed by atoms with Crippen LogP contribution in [0.15, 0.2) is 18.2 Å². The molecule has 0 spiro atoms. The Labute approximate surface area is 98.3 Å². The van der Waals surface area contributed by atoms with Gasteiger partial charge in [-0.15, -0.1) is 0 Å². The molecule has 4 nitrogen and oxygen atoms in total. The van der Waals surface area contributed by atoms with E-state index >= 15 is 0 Å². The van der Waals surface area contributed by atoms with Crippen LogP contribution in [0, 0.1) is 11.3 Å². The average molecular weight is 240 g/mol. The summed E-state index contributed by atoms with van der Waals surface area (Å²) in [6.45, 7) is 1.56. The normalized spacial score (nSPS) is 11.4. The number of nitriles is 1. The maximum atomic E-state index is 11.1. The van der Waals surface area contributed by atoms with Crippen LogP contribution in [-0.4, -0.2) is 19.2 Å². The zero-order valence-electron chi connectivity index (χ0n) is 8.86. The number of benzene rings is 1. The van der Waals surface area contributed by atoms with Crippen LogP contribution >= 0.6 is 11.6 Å². The van der Waals surface area contributed by atoms with Crippen LogP contribution in [-0.2, 0) is 9.53 Å². The third-order valence-electron chi connectivity index (χ3n) is 1.90. The SMILES string of the molecule is COC(=O)[C@@H](C)Oc1ccc(C#N)cc1Cl. The molecule has 1 aromatic carbocycles. The van der Waals surface area contributed by atoms with Crippen molar-refractivity contribution in [1.29, 1.82) is 5.26 Å². The first-order valence-corrected chi connectivity index (χ1v) is 4.90. The van der Waals surface area contributed by atoms with Gasteiger partial charge in [-0.1, -0.05) is 11.6 Å². The molecule has 0 unspecified atom stereocenters. The molecule has 0 aromatic heterocycles. The molecule has 5 heteroatoms. The number of carbonyl (C=O) groups is 1. The molecular weight excluding hydrogens is 230 g/mol. The fraction of sp³-hybridized carbons (Fsp3) is 0.273. The first-order chi connectivity index (χ1) is 7.58. The van der Waals surface area contributed by atoms with E-state index in [0.717, 1.165) is 0 Å². The van der Waals surface area contributed by atoms with Gasteiger partial charge >= 0.3 is 5.97 Å². The van der Waals surface area contributed by atoms with Gasteiger partial charge in [0.05, 0.1) is 23.8 Å². The molecule has 16 heavy (non-hydrogen) atoms. The number of hydrogen-bond acceptors (Lipinski definition) is 4. The fourth-order valence-corrected chi connectivity index (χ4v) is 1.30. The van der Waals surface area contributed by atoms with Gasteiger partial charge < -0.3 is 9.47 Å². The molecule has 0 aliphatic carbocycles. The van der Waals surface area contributed by atoms with Gasteiger partial charge in [-0.2, -0.15) is 5.26 Å². The highest BCUT2D eigenvalue weighted by atomic mass is 35.5. The Bertz CT molecular complexity index is 439. The molecule has 0 aliphatic rings. The summed E-state index contributed by atoms with van der Waals surface area (Å²) in [5.41, 5.74) is 0.433. The third kappa shape index (κ3) is 2.88. The van der Waals surface area contributed by atoms with Crippen molar-refractivity contribution in [2.45, 2.75) is 13.0 Å². The first-order valence-electron chi connectivity index (χ1n) is 4.52. The first kappa shape index (κ1) is 12.3. The number of halogens is 1. The number of carbonyl (C=O) groups excluding carboxylic acids is 1. The molecule has 0 saturated carbocycles. The van der Waals surface area contributed by atoms with Crippen molar-refractivity contribution in [3.05, 3.63) is 28.8 Å². The summed E-state index contributed by atoms with van der Waals surface area (Å²) < 4.78 is 9.79. The fourth-order valence-electron chi connectivity index (χ4n) is 1.07. The number of hydrogen-bond donors (Lipinski definition) is 0. The minimum absolute atomic E-state index is 0.287. The van der Waals surface area contributed by atoms with Crippen molar-refractivity contribution in [1.82, 2.24) is 0 Å². The van der Waals surface area contributed by atoms with E-state index in [1.807, 2.05) is 6.07 Å². The van der Waals surface area contributed by atoms with Gasteiger partial charge in [0, 0.05) is 0 Å². The van der Waals surface area contributed by atoms with Crippen LogP contribution in [0.4, 0.5) is 0 Å². The Balaban J connectivity index is 2.83. The smallest absolute Gasteiger partial charge is 0.346 e. The third-order valence-corrected chi connectivity index (χ3v) is 2.19. The number of rotatable bonds is 3. The molecule has 1 atom stereocenters. The molecule has 0 heterocycles. The van der Waals surface area contributed by atoms with Gasteiger partial charge in [0.1, 0.15) is 5.75 Å². The monoisotopic (exact) mass is 239 g/mol. The predicted molar refractivity (Wildman–Crippen MR) is 58.3 cm³/mol. The van der Waals surface area contributed by atoms with Crippen molar-refractivity contribution in [2.75, 3.05) is 7.11 Å². The van der Waals surface area contributed by atoms with Gasteiger partial charge in [-0.05, 0) is 25.1 Å². The van der Waals surface area contributed by atoms with Gasteiger partial charge in [-0.25, -0.2) is 4.79 Å². The van der Waals surface area contributed by atoms with E-state index in [0.29, 0.717) is 11.3 Å². The number of nitrogens with zero attached hydrogens (tertiary/aromatic N) is 1. The molecule has 0 radical (unpaired) electrons. The second-order valence-corrected chi connectivity index (χ2v) is 3.45. The Morgan fingerprint density at radius 3 is 2.75 bits per heavy atom. The van der Waals surface area contributed by atoms with E-state index in [-0.39, 0.29) is 5.02 Å². The standard InChI is InChI=1S/C11H10ClNO3/c1-7(11(14)15-2)16-10-4-3-8(6-13)5-9(10)12/h3-5,7H,1-2H3/t7-/m1/s1. The highest BCUT2D eigenvalue weighted by Crippen LogP contribution is 2.26. The molecule has 0 N–H and O–H groups in total. The van der Waals surface area contributed by atoms with Crippen LogP contribution in [0.25, 0.3) is 0 Å². The second kappa shape index (κ2) is 5.38. The summed E-state index contributed by atoms with van der Waals surface area (Å²) in [6.07, 6.45) is -0.740. The lowest BCUT2D eigenvalue weighted by Gasteiger charge is -2.13. The van der Waals surface area contributed by atoms with E-state index in [9.17, 15) is 4.79 Å². The zero-order valence-corrected chi connectivity index (χ0v) is 9.62. The lowest BCUT2D eigenvalue weighted by molar-refractivity contribution is -0.147. The van der Waals surface area contributed by atoms with Crippen molar-refractivity contribution < 1.29 is 14.3 Å². The lowest BCUT2D eigenvalue weighted by Crippen LogP contribution is -2.25. The quantitative estimate of drug-likeness (QED) is 0.759. The summed E-state index contributed by atoms with van der Waals surface area (Å²) >= 11 is 5.87. The van der Waals surface area contributed by atoms with E-state index in [2.05, 4.69) is 4.74 Å². The minimum atomic E-state index is -0.740.